The molecule has 1 aliphatic rings. The minimum absolute atomic E-state index is 0. The van der Waals surface area contributed by atoms with Gasteiger partial charge in [0.2, 0.25) is 0 Å². The third-order valence-corrected chi connectivity index (χ3v) is 6.08. The molecule has 0 radical (unpaired) electrons. The molecule has 30 heavy (non-hydrogen) atoms. The van der Waals surface area contributed by atoms with Crippen LogP contribution in [0.4, 0.5) is 10.8 Å². The Hall–Kier alpha value is -1.50. The van der Waals surface area contributed by atoms with Crippen LogP contribution in [-0.4, -0.2) is 42.6 Å². The molecule has 0 unspecified atom stereocenters. The van der Waals surface area contributed by atoms with Crippen molar-refractivity contribution in [3.8, 4) is 11.3 Å². The van der Waals surface area contributed by atoms with Gasteiger partial charge in [0, 0.05) is 42.3 Å². The number of nitrogens with zero attached hydrogens (tertiary/aromatic N) is 3. The van der Waals surface area contributed by atoms with E-state index in [-0.39, 0.29) is 37.2 Å². The van der Waals surface area contributed by atoms with Crippen LogP contribution in [-0.2, 0) is 6.42 Å². The predicted molar refractivity (Wildman–Crippen MR) is 137 cm³/mol. The Morgan fingerprint density at radius 3 is 2.07 bits per heavy atom. The average Bonchev–Trinajstić information content (AvgIpc) is 3.10. The van der Waals surface area contributed by atoms with Crippen LogP contribution in [0.1, 0.15) is 11.3 Å². The van der Waals surface area contributed by atoms with Crippen molar-refractivity contribution in [2.24, 2.45) is 0 Å². The fourth-order valence-corrected chi connectivity index (χ4v) is 4.59. The van der Waals surface area contributed by atoms with Gasteiger partial charge in [-0.05, 0) is 31.5 Å². The van der Waals surface area contributed by atoms with Gasteiger partial charge in [0.15, 0.2) is 5.13 Å². The number of nitrogens with two attached hydrogens (primary N) is 1. The second kappa shape index (κ2) is 13.0. The molecule has 2 heterocycles. The van der Waals surface area contributed by atoms with Gasteiger partial charge in [-0.1, -0.05) is 48.5 Å². The summed E-state index contributed by atoms with van der Waals surface area (Å²) in [5.41, 5.74) is 9.56. The molecule has 1 fully saturated rings. The number of piperazine rings is 1. The van der Waals surface area contributed by atoms with Crippen LogP contribution in [0, 0.1) is 0 Å². The van der Waals surface area contributed by atoms with Crippen molar-refractivity contribution in [3.63, 3.8) is 0 Å². The second-order valence-corrected chi connectivity index (χ2v) is 8.07. The largest absolute Gasteiger partial charge is 0.375 e. The summed E-state index contributed by atoms with van der Waals surface area (Å²) in [5, 5.41) is 0.667. The van der Waals surface area contributed by atoms with Crippen molar-refractivity contribution in [1.29, 1.82) is 0 Å². The first-order chi connectivity index (χ1) is 13.3. The van der Waals surface area contributed by atoms with Gasteiger partial charge in [-0.25, -0.2) is 4.98 Å². The molecule has 1 aromatic heterocycles. The van der Waals surface area contributed by atoms with E-state index in [1.165, 1.54) is 10.6 Å². The maximum absolute atomic E-state index is 5.99. The molecule has 0 aliphatic carbocycles. The Balaban J connectivity index is 0.00000150. The number of aryl methyl sites for hydroxylation is 1. The fourth-order valence-electron chi connectivity index (χ4n) is 3.69. The fraction of sp³-hybridized carbons (Fsp3) is 0.318. The highest BCUT2D eigenvalue weighted by molar-refractivity contribution is 7.15. The van der Waals surface area contributed by atoms with E-state index in [0.717, 1.165) is 56.8 Å². The molecule has 3 aromatic rings. The summed E-state index contributed by atoms with van der Waals surface area (Å²) in [6, 6.07) is 21.1. The van der Waals surface area contributed by atoms with Crippen molar-refractivity contribution < 1.29 is 0 Å². The van der Waals surface area contributed by atoms with Gasteiger partial charge in [-0.3, -0.25) is 4.90 Å². The Kier molecular flexibility index (Phi) is 11.5. The number of nitrogen functional groups attached to an aromatic ring is 1. The highest BCUT2D eigenvalue weighted by Gasteiger charge is 2.17. The van der Waals surface area contributed by atoms with E-state index >= 15 is 0 Å². The first-order valence-electron chi connectivity index (χ1n) is 9.62. The molecular formula is C22H29Cl3N4S. The monoisotopic (exact) mass is 486 g/mol. The third kappa shape index (κ3) is 6.76. The van der Waals surface area contributed by atoms with Crippen molar-refractivity contribution in [2.45, 2.75) is 12.8 Å². The Labute approximate surface area is 201 Å². The maximum atomic E-state index is 5.99. The summed E-state index contributed by atoms with van der Waals surface area (Å²) in [7, 11) is 0. The zero-order valence-electron chi connectivity index (χ0n) is 16.8. The van der Waals surface area contributed by atoms with Crippen LogP contribution in [0.15, 0.2) is 60.7 Å². The van der Waals surface area contributed by atoms with Gasteiger partial charge >= 0.3 is 0 Å². The molecule has 0 bridgehead atoms. The van der Waals surface area contributed by atoms with Crippen molar-refractivity contribution >= 4 is 59.4 Å². The Bertz CT molecular complexity index is 853. The van der Waals surface area contributed by atoms with Crippen LogP contribution in [0.25, 0.3) is 11.3 Å². The summed E-state index contributed by atoms with van der Waals surface area (Å²) >= 11 is 1.63. The van der Waals surface area contributed by atoms with E-state index in [0.29, 0.717) is 5.13 Å². The lowest BCUT2D eigenvalue weighted by Gasteiger charge is -2.36. The van der Waals surface area contributed by atoms with E-state index in [1.807, 2.05) is 6.07 Å². The van der Waals surface area contributed by atoms with Gasteiger partial charge in [0.25, 0.3) is 0 Å². The van der Waals surface area contributed by atoms with Gasteiger partial charge in [0.1, 0.15) is 0 Å². The number of thiazole rings is 1. The summed E-state index contributed by atoms with van der Waals surface area (Å²) in [6.45, 7) is 5.60. The normalized spacial score (nSPS) is 13.7. The molecule has 2 aromatic carbocycles. The molecule has 2 N–H and O–H groups in total. The minimum atomic E-state index is 0. The first-order valence-corrected chi connectivity index (χ1v) is 10.4. The van der Waals surface area contributed by atoms with Crippen molar-refractivity contribution in [1.82, 2.24) is 9.88 Å². The third-order valence-electron chi connectivity index (χ3n) is 5.13. The van der Waals surface area contributed by atoms with E-state index < -0.39 is 0 Å². The van der Waals surface area contributed by atoms with Gasteiger partial charge in [0.05, 0.1) is 5.69 Å². The van der Waals surface area contributed by atoms with E-state index in [9.17, 15) is 0 Å². The quantitative estimate of drug-likeness (QED) is 0.505. The maximum Gasteiger partial charge on any atom is 0.180 e. The molecule has 1 saturated heterocycles. The SMILES string of the molecule is Cl.Cl.Cl.Nc1nc(-c2ccccc2)c(CCCN2CCN(c3ccccc3)CC2)s1. The molecule has 0 saturated carbocycles. The molecule has 0 atom stereocenters. The number of anilines is 2. The van der Waals surface area contributed by atoms with Crippen LogP contribution in [0.5, 0.6) is 0 Å². The molecule has 164 valence electrons. The predicted octanol–water partition coefficient (Wildman–Crippen LogP) is 5.41. The lowest BCUT2D eigenvalue weighted by Crippen LogP contribution is -2.46. The smallest absolute Gasteiger partial charge is 0.180 e. The van der Waals surface area contributed by atoms with E-state index in [4.69, 9.17) is 5.73 Å². The standard InChI is InChI=1S/C22H26N4S.3ClH/c23-22-24-21(18-8-3-1-4-9-18)20(27-22)12-7-13-25-14-16-26(17-15-25)19-10-5-2-6-11-19;;;/h1-6,8-11H,7,12-17H2,(H2,23,24);3*1H. The number of hydrogen-bond acceptors (Lipinski definition) is 5. The minimum Gasteiger partial charge on any atom is -0.375 e. The molecule has 4 rings (SSSR count). The summed E-state index contributed by atoms with van der Waals surface area (Å²) < 4.78 is 0. The summed E-state index contributed by atoms with van der Waals surface area (Å²) in [4.78, 5) is 10.9. The van der Waals surface area contributed by atoms with Crippen LogP contribution < -0.4 is 10.6 Å². The lowest BCUT2D eigenvalue weighted by molar-refractivity contribution is 0.255. The number of benzene rings is 2. The summed E-state index contributed by atoms with van der Waals surface area (Å²) in [6.07, 6.45) is 2.19. The molecule has 0 amide bonds. The van der Waals surface area contributed by atoms with Gasteiger partial charge < -0.3 is 10.6 Å². The van der Waals surface area contributed by atoms with Crippen molar-refractivity contribution in [3.05, 3.63) is 65.5 Å². The highest BCUT2D eigenvalue weighted by Crippen LogP contribution is 2.30. The topological polar surface area (TPSA) is 45.4 Å². The molecule has 8 heteroatoms. The van der Waals surface area contributed by atoms with Gasteiger partial charge in [-0.15, -0.1) is 48.6 Å². The molecule has 4 nitrogen and oxygen atoms in total. The van der Waals surface area contributed by atoms with E-state index in [2.05, 4.69) is 69.4 Å². The molecule has 1 aliphatic heterocycles. The summed E-state index contributed by atoms with van der Waals surface area (Å²) in [5.74, 6) is 0. The number of hydrogen-bond donors (Lipinski definition) is 1. The second-order valence-electron chi connectivity index (χ2n) is 6.96. The van der Waals surface area contributed by atoms with Gasteiger partial charge in [-0.2, -0.15) is 0 Å². The number of halogens is 3. The highest BCUT2D eigenvalue weighted by atomic mass is 35.5. The number of rotatable bonds is 6. The number of para-hydroxylation sites is 1. The number of aromatic nitrogens is 1. The first kappa shape index (κ1) is 26.5. The lowest BCUT2D eigenvalue weighted by atomic mass is 10.1. The Morgan fingerprint density at radius 1 is 0.833 bits per heavy atom. The average molecular weight is 488 g/mol. The Morgan fingerprint density at radius 2 is 1.43 bits per heavy atom. The van der Waals surface area contributed by atoms with E-state index in [1.54, 1.807) is 11.3 Å². The molecule has 0 spiro atoms. The van der Waals surface area contributed by atoms with Crippen LogP contribution in [0.2, 0.25) is 0 Å². The zero-order chi connectivity index (χ0) is 18.5. The van der Waals surface area contributed by atoms with Crippen LogP contribution >= 0.6 is 48.6 Å². The zero-order valence-corrected chi connectivity index (χ0v) is 20.0. The van der Waals surface area contributed by atoms with Crippen LogP contribution in [0.3, 0.4) is 0 Å². The molecular weight excluding hydrogens is 459 g/mol. The van der Waals surface area contributed by atoms with Crippen molar-refractivity contribution in [2.75, 3.05) is 43.4 Å².